The lowest BCUT2D eigenvalue weighted by atomic mass is 10.3. The van der Waals surface area contributed by atoms with Crippen molar-refractivity contribution in [1.29, 1.82) is 0 Å². The highest BCUT2D eigenvalue weighted by molar-refractivity contribution is 5.60. The van der Waals surface area contributed by atoms with Gasteiger partial charge in [-0.1, -0.05) is 0 Å². The summed E-state index contributed by atoms with van der Waals surface area (Å²) in [4.78, 5) is 10.9. The first-order valence-corrected chi connectivity index (χ1v) is 4.45. The van der Waals surface area contributed by atoms with Gasteiger partial charge in [0.25, 0.3) is 0 Å². The van der Waals surface area contributed by atoms with Crippen molar-refractivity contribution in [2.24, 2.45) is 0 Å². The average Bonchev–Trinajstić information content (AvgIpc) is 2.53. The molecule has 0 aromatic heterocycles. The van der Waals surface area contributed by atoms with Crippen molar-refractivity contribution in [3.8, 4) is 0 Å². The predicted octanol–water partition coefficient (Wildman–Crippen LogP) is 2.31. The van der Waals surface area contributed by atoms with Gasteiger partial charge in [0.15, 0.2) is 0 Å². The number of ether oxygens (including phenoxy) is 2. The summed E-state index contributed by atoms with van der Waals surface area (Å²) in [7, 11) is 0. The van der Waals surface area contributed by atoms with Crippen molar-refractivity contribution in [2.75, 3.05) is 6.61 Å². The second-order valence-corrected chi connectivity index (χ2v) is 2.98. The summed E-state index contributed by atoms with van der Waals surface area (Å²) in [6.07, 6.45) is 4.45. The van der Waals surface area contributed by atoms with Gasteiger partial charge in [-0.05, 0) is 39.0 Å². The zero-order valence-corrected chi connectivity index (χ0v) is 7.25. The van der Waals surface area contributed by atoms with Crippen molar-refractivity contribution < 1.29 is 14.3 Å². The van der Waals surface area contributed by atoms with E-state index in [1.165, 1.54) is 0 Å². The lowest BCUT2D eigenvalue weighted by Gasteiger charge is -2.10. The van der Waals surface area contributed by atoms with Crippen molar-refractivity contribution in [3.63, 3.8) is 0 Å². The van der Waals surface area contributed by atoms with Gasteiger partial charge in [0.1, 0.15) is 6.10 Å². The van der Waals surface area contributed by atoms with Crippen LogP contribution in [0, 0.1) is 6.92 Å². The molecule has 0 amide bonds. The minimum absolute atomic E-state index is 0.0994. The second kappa shape index (κ2) is 5.01. The zero-order chi connectivity index (χ0) is 8.81. The Bertz CT molecular complexity index is 139. The average molecular weight is 171 g/mol. The van der Waals surface area contributed by atoms with Gasteiger partial charge in [-0.15, -0.1) is 0 Å². The van der Waals surface area contributed by atoms with Crippen molar-refractivity contribution in [2.45, 2.75) is 38.2 Å². The van der Waals surface area contributed by atoms with E-state index < -0.39 is 6.16 Å². The van der Waals surface area contributed by atoms with Gasteiger partial charge in [-0.2, -0.15) is 0 Å². The van der Waals surface area contributed by atoms with Crippen LogP contribution in [-0.2, 0) is 9.47 Å². The molecule has 69 valence electrons. The van der Waals surface area contributed by atoms with Crippen LogP contribution in [0.4, 0.5) is 4.79 Å². The number of carbonyl (C=O) groups is 1. The number of hydrogen-bond donors (Lipinski definition) is 0. The molecule has 1 fully saturated rings. The van der Waals surface area contributed by atoms with Crippen LogP contribution in [0.5, 0.6) is 0 Å². The molecule has 0 aromatic rings. The molecule has 1 aliphatic rings. The minimum atomic E-state index is -0.537. The van der Waals surface area contributed by atoms with E-state index in [-0.39, 0.29) is 6.10 Å². The van der Waals surface area contributed by atoms with Gasteiger partial charge < -0.3 is 9.47 Å². The van der Waals surface area contributed by atoms with E-state index in [0.29, 0.717) is 13.0 Å². The molecule has 0 spiro atoms. The first-order chi connectivity index (χ1) is 5.83. The molecule has 1 saturated carbocycles. The molecule has 3 nitrogen and oxygen atoms in total. The fourth-order valence-corrected chi connectivity index (χ4v) is 1.33. The van der Waals surface area contributed by atoms with Crippen LogP contribution < -0.4 is 0 Å². The SMILES string of the molecule is [CH2]CCOC(=O)OC1CCCC1. The summed E-state index contributed by atoms with van der Waals surface area (Å²) in [5, 5.41) is 0. The van der Waals surface area contributed by atoms with Gasteiger partial charge in [0.2, 0.25) is 0 Å². The van der Waals surface area contributed by atoms with E-state index in [2.05, 4.69) is 6.92 Å². The maximum absolute atomic E-state index is 10.9. The van der Waals surface area contributed by atoms with Crippen LogP contribution in [0.1, 0.15) is 32.1 Å². The predicted molar refractivity (Wildman–Crippen MR) is 44.7 cm³/mol. The fraction of sp³-hybridized carbons (Fsp3) is 0.778. The summed E-state index contributed by atoms with van der Waals surface area (Å²) in [6, 6.07) is 0. The Kier molecular flexibility index (Phi) is 3.91. The van der Waals surface area contributed by atoms with Crippen molar-refractivity contribution >= 4 is 6.16 Å². The molecule has 1 aliphatic carbocycles. The fourth-order valence-electron chi connectivity index (χ4n) is 1.33. The van der Waals surface area contributed by atoms with Crippen LogP contribution in [0.3, 0.4) is 0 Å². The summed E-state index contributed by atoms with van der Waals surface area (Å²) in [6.45, 7) is 3.91. The maximum atomic E-state index is 10.9. The van der Waals surface area contributed by atoms with Gasteiger partial charge in [-0.3, -0.25) is 0 Å². The Hall–Kier alpha value is -0.730. The zero-order valence-electron chi connectivity index (χ0n) is 7.25. The number of carbonyl (C=O) groups excluding carboxylic acids is 1. The van der Waals surface area contributed by atoms with E-state index in [0.717, 1.165) is 25.7 Å². The van der Waals surface area contributed by atoms with Crippen molar-refractivity contribution in [1.82, 2.24) is 0 Å². The van der Waals surface area contributed by atoms with E-state index in [1.807, 2.05) is 0 Å². The Labute approximate surface area is 73.0 Å². The van der Waals surface area contributed by atoms with E-state index in [9.17, 15) is 4.79 Å². The summed E-state index contributed by atoms with van der Waals surface area (Å²) < 4.78 is 9.75. The van der Waals surface area contributed by atoms with E-state index in [4.69, 9.17) is 9.47 Å². The normalized spacial score (nSPS) is 17.8. The number of hydrogen-bond acceptors (Lipinski definition) is 3. The standard InChI is InChI=1S/C9H15O3/c1-2-7-11-9(10)12-8-5-3-4-6-8/h8H,1-7H2. The highest BCUT2D eigenvalue weighted by Gasteiger charge is 2.19. The smallest absolute Gasteiger partial charge is 0.434 e. The molecular formula is C9H15O3. The summed E-state index contributed by atoms with van der Waals surface area (Å²) in [5.74, 6) is 0. The third-order valence-corrected chi connectivity index (χ3v) is 1.93. The molecule has 0 aromatic carbocycles. The maximum Gasteiger partial charge on any atom is 0.508 e. The summed E-state index contributed by atoms with van der Waals surface area (Å²) in [5.41, 5.74) is 0. The van der Waals surface area contributed by atoms with Crippen LogP contribution >= 0.6 is 0 Å². The van der Waals surface area contributed by atoms with Crippen LogP contribution in [0.15, 0.2) is 0 Å². The quantitative estimate of drug-likeness (QED) is 0.611. The van der Waals surface area contributed by atoms with Gasteiger partial charge in [-0.25, -0.2) is 4.79 Å². The largest absolute Gasteiger partial charge is 0.508 e. The lowest BCUT2D eigenvalue weighted by molar-refractivity contribution is 0.0266. The third-order valence-electron chi connectivity index (χ3n) is 1.93. The molecule has 0 bridgehead atoms. The molecule has 0 aliphatic heterocycles. The van der Waals surface area contributed by atoms with Crippen LogP contribution in [-0.4, -0.2) is 18.9 Å². The summed E-state index contributed by atoms with van der Waals surface area (Å²) >= 11 is 0. The highest BCUT2D eigenvalue weighted by atomic mass is 16.7. The second-order valence-electron chi connectivity index (χ2n) is 2.98. The van der Waals surface area contributed by atoms with E-state index >= 15 is 0 Å². The topological polar surface area (TPSA) is 35.5 Å². The van der Waals surface area contributed by atoms with E-state index in [1.54, 1.807) is 0 Å². The molecule has 12 heavy (non-hydrogen) atoms. The first-order valence-electron chi connectivity index (χ1n) is 4.45. The molecular weight excluding hydrogens is 156 g/mol. The molecule has 0 unspecified atom stereocenters. The Morgan fingerprint density at radius 3 is 2.67 bits per heavy atom. The minimum Gasteiger partial charge on any atom is -0.434 e. The lowest BCUT2D eigenvalue weighted by Crippen LogP contribution is -2.16. The molecule has 0 saturated heterocycles. The van der Waals surface area contributed by atoms with Gasteiger partial charge >= 0.3 is 6.16 Å². The van der Waals surface area contributed by atoms with Crippen molar-refractivity contribution in [3.05, 3.63) is 6.92 Å². The third kappa shape index (κ3) is 3.11. The molecule has 0 N–H and O–H groups in total. The Balaban J connectivity index is 2.08. The molecule has 0 atom stereocenters. The van der Waals surface area contributed by atoms with Crippen LogP contribution in [0.25, 0.3) is 0 Å². The molecule has 1 radical (unpaired) electrons. The first kappa shape index (κ1) is 9.36. The highest BCUT2D eigenvalue weighted by Crippen LogP contribution is 2.21. The van der Waals surface area contributed by atoms with Crippen LogP contribution in [0.2, 0.25) is 0 Å². The van der Waals surface area contributed by atoms with Gasteiger partial charge in [0, 0.05) is 0 Å². The Morgan fingerprint density at radius 1 is 1.42 bits per heavy atom. The molecule has 3 heteroatoms. The molecule has 1 rings (SSSR count). The Morgan fingerprint density at radius 2 is 2.08 bits per heavy atom. The van der Waals surface area contributed by atoms with Gasteiger partial charge in [0.05, 0.1) is 6.61 Å². The number of rotatable bonds is 3. The molecule has 0 heterocycles. The monoisotopic (exact) mass is 171 g/mol.